The minimum atomic E-state index is -0.545. The van der Waals surface area contributed by atoms with E-state index < -0.39 is 5.41 Å². The SMILES string of the molecule is c1ccc(-c2nc(-c3cccc4ccccc34)cc(-c3ccc(-c4ccc5c(c4)C(c4ccccc4)(c4ccccc4)c4cccc(-c6ccccc6)c4-5)c4ccccc34)n2)cc1. The van der Waals surface area contributed by atoms with Crippen LogP contribution in [0.5, 0.6) is 0 Å². The van der Waals surface area contributed by atoms with Crippen LogP contribution >= 0.6 is 0 Å². The van der Waals surface area contributed by atoms with E-state index in [2.05, 4.69) is 237 Å². The molecular weight excluding hydrogens is 761 g/mol. The molecule has 0 aliphatic heterocycles. The van der Waals surface area contributed by atoms with Gasteiger partial charge in [0.25, 0.3) is 0 Å². The summed E-state index contributed by atoms with van der Waals surface area (Å²) in [5.41, 5.74) is 16.8. The first-order valence-corrected chi connectivity index (χ1v) is 21.7. The molecule has 0 radical (unpaired) electrons. The number of hydrogen-bond acceptors (Lipinski definition) is 2. The predicted molar refractivity (Wildman–Crippen MR) is 262 cm³/mol. The van der Waals surface area contributed by atoms with Crippen molar-refractivity contribution in [1.82, 2.24) is 9.97 Å². The molecule has 0 fully saturated rings. The van der Waals surface area contributed by atoms with Crippen LogP contribution in [0.2, 0.25) is 0 Å². The minimum absolute atomic E-state index is 0.545. The molecule has 1 aromatic heterocycles. The van der Waals surface area contributed by atoms with Gasteiger partial charge in [-0.2, -0.15) is 0 Å². The Kier molecular flexibility index (Phi) is 8.76. The molecule has 294 valence electrons. The third-order valence-corrected chi connectivity index (χ3v) is 13.0. The van der Waals surface area contributed by atoms with Crippen molar-refractivity contribution in [2.45, 2.75) is 5.41 Å². The maximum atomic E-state index is 5.31. The number of fused-ring (bicyclic) bond motifs is 5. The Hall–Kier alpha value is -8.20. The normalized spacial score (nSPS) is 12.6. The highest BCUT2D eigenvalue weighted by atomic mass is 14.9. The Labute approximate surface area is 367 Å². The topological polar surface area (TPSA) is 25.8 Å². The van der Waals surface area contributed by atoms with E-state index in [1.54, 1.807) is 0 Å². The zero-order valence-corrected chi connectivity index (χ0v) is 34.5. The number of nitrogens with zero attached hydrogens (tertiary/aromatic N) is 2. The molecule has 0 unspecified atom stereocenters. The standard InChI is InChI=1S/C61H40N2/c1-5-19-42(20-6-1)49-32-18-34-55-59(49)54-36-35-44(39-56(54)61(55,45-25-9-3-10-26-45)46-27-11-4-12-28-46)48-37-38-53(51-31-16-15-30-50(48)51)58-40-57(62-60(63-58)43-22-7-2-8-23-43)52-33-17-24-41-21-13-14-29-47(41)52/h1-40H. The fourth-order valence-electron chi connectivity index (χ4n) is 10.2. The van der Waals surface area contributed by atoms with Crippen LogP contribution in [-0.2, 0) is 5.41 Å². The van der Waals surface area contributed by atoms with Crippen molar-refractivity contribution in [3.8, 4) is 67.3 Å². The number of aromatic nitrogens is 2. The highest BCUT2D eigenvalue weighted by Gasteiger charge is 2.47. The van der Waals surface area contributed by atoms with E-state index >= 15 is 0 Å². The van der Waals surface area contributed by atoms with Crippen LogP contribution in [-0.4, -0.2) is 9.97 Å². The molecule has 0 atom stereocenters. The maximum Gasteiger partial charge on any atom is 0.160 e. The molecule has 10 aromatic carbocycles. The van der Waals surface area contributed by atoms with E-state index in [1.165, 1.54) is 71.8 Å². The largest absolute Gasteiger partial charge is 0.228 e. The summed E-state index contributed by atoms with van der Waals surface area (Å²) in [6.45, 7) is 0. The number of hydrogen-bond donors (Lipinski definition) is 0. The molecule has 1 aliphatic carbocycles. The van der Waals surface area contributed by atoms with Crippen molar-refractivity contribution >= 4 is 21.5 Å². The Morgan fingerprint density at radius 1 is 0.286 bits per heavy atom. The number of benzene rings is 10. The second-order valence-corrected chi connectivity index (χ2v) is 16.4. The summed E-state index contributed by atoms with van der Waals surface area (Å²) in [4.78, 5) is 10.5. The molecule has 11 aromatic rings. The Balaban J connectivity index is 1.08. The molecule has 0 N–H and O–H groups in total. The van der Waals surface area contributed by atoms with Crippen molar-refractivity contribution in [3.63, 3.8) is 0 Å². The van der Waals surface area contributed by atoms with Gasteiger partial charge >= 0.3 is 0 Å². The smallest absolute Gasteiger partial charge is 0.160 e. The summed E-state index contributed by atoms with van der Waals surface area (Å²) in [7, 11) is 0. The summed E-state index contributed by atoms with van der Waals surface area (Å²) in [6.07, 6.45) is 0. The molecule has 0 saturated heterocycles. The van der Waals surface area contributed by atoms with Crippen LogP contribution in [0, 0.1) is 0 Å². The van der Waals surface area contributed by atoms with Crippen molar-refractivity contribution in [3.05, 3.63) is 265 Å². The van der Waals surface area contributed by atoms with Gasteiger partial charge in [0.1, 0.15) is 0 Å². The van der Waals surface area contributed by atoms with Crippen molar-refractivity contribution in [2.75, 3.05) is 0 Å². The first kappa shape index (κ1) is 36.6. The maximum absolute atomic E-state index is 5.31. The van der Waals surface area contributed by atoms with Crippen LogP contribution in [0.15, 0.2) is 243 Å². The fraction of sp³-hybridized carbons (Fsp3) is 0.0164. The first-order valence-electron chi connectivity index (χ1n) is 21.7. The van der Waals surface area contributed by atoms with Crippen molar-refractivity contribution in [1.29, 1.82) is 0 Å². The summed E-state index contributed by atoms with van der Waals surface area (Å²) in [5.74, 6) is 0.704. The lowest BCUT2D eigenvalue weighted by molar-refractivity contribution is 0.769. The van der Waals surface area contributed by atoms with Crippen LogP contribution in [0.3, 0.4) is 0 Å². The van der Waals surface area contributed by atoms with Gasteiger partial charge in [-0.3, -0.25) is 0 Å². The second-order valence-electron chi connectivity index (χ2n) is 16.4. The molecule has 0 bridgehead atoms. The molecule has 2 nitrogen and oxygen atoms in total. The molecule has 0 amide bonds. The monoisotopic (exact) mass is 800 g/mol. The van der Waals surface area contributed by atoms with Gasteiger partial charge in [-0.25, -0.2) is 9.97 Å². The molecule has 12 rings (SSSR count). The highest BCUT2D eigenvalue weighted by Crippen LogP contribution is 2.59. The zero-order valence-electron chi connectivity index (χ0n) is 34.5. The molecule has 0 saturated carbocycles. The zero-order chi connectivity index (χ0) is 41.7. The molecular formula is C61H40N2. The molecule has 63 heavy (non-hydrogen) atoms. The molecule has 1 aliphatic rings. The van der Waals surface area contributed by atoms with E-state index in [1.807, 2.05) is 6.07 Å². The Bertz CT molecular complexity index is 3440. The van der Waals surface area contributed by atoms with E-state index in [0.29, 0.717) is 5.82 Å². The quantitative estimate of drug-likeness (QED) is 0.160. The van der Waals surface area contributed by atoms with Crippen LogP contribution in [0.4, 0.5) is 0 Å². The summed E-state index contributed by atoms with van der Waals surface area (Å²) >= 11 is 0. The lowest BCUT2D eigenvalue weighted by Crippen LogP contribution is -2.28. The van der Waals surface area contributed by atoms with Crippen LogP contribution in [0.25, 0.3) is 88.8 Å². The molecule has 0 spiro atoms. The van der Waals surface area contributed by atoms with Gasteiger partial charge < -0.3 is 0 Å². The average Bonchev–Trinajstić information content (AvgIpc) is 3.67. The predicted octanol–water partition coefficient (Wildman–Crippen LogP) is 15.5. The van der Waals surface area contributed by atoms with Gasteiger partial charge in [-0.1, -0.05) is 231 Å². The average molecular weight is 801 g/mol. The third-order valence-electron chi connectivity index (χ3n) is 13.0. The van der Waals surface area contributed by atoms with E-state index in [9.17, 15) is 0 Å². The Morgan fingerprint density at radius 2 is 0.778 bits per heavy atom. The van der Waals surface area contributed by atoms with Gasteiger partial charge in [0, 0.05) is 16.7 Å². The van der Waals surface area contributed by atoms with Gasteiger partial charge in [0.2, 0.25) is 0 Å². The van der Waals surface area contributed by atoms with Crippen molar-refractivity contribution in [2.24, 2.45) is 0 Å². The van der Waals surface area contributed by atoms with Crippen LogP contribution in [0.1, 0.15) is 22.3 Å². The lowest BCUT2D eigenvalue weighted by Gasteiger charge is -2.34. The van der Waals surface area contributed by atoms with Gasteiger partial charge in [0.15, 0.2) is 5.82 Å². The van der Waals surface area contributed by atoms with Gasteiger partial charge in [0.05, 0.1) is 16.8 Å². The number of rotatable bonds is 7. The van der Waals surface area contributed by atoms with E-state index in [0.717, 1.165) is 33.5 Å². The Morgan fingerprint density at radius 3 is 1.46 bits per heavy atom. The van der Waals surface area contributed by atoms with E-state index in [4.69, 9.17) is 9.97 Å². The molecule has 1 heterocycles. The summed E-state index contributed by atoms with van der Waals surface area (Å²) in [6, 6.07) is 87.9. The van der Waals surface area contributed by atoms with Gasteiger partial charge in [-0.15, -0.1) is 0 Å². The van der Waals surface area contributed by atoms with E-state index in [-0.39, 0.29) is 0 Å². The third kappa shape index (κ3) is 5.95. The lowest BCUT2D eigenvalue weighted by atomic mass is 9.67. The fourth-order valence-corrected chi connectivity index (χ4v) is 10.2. The second kappa shape index (κ2) is 15.1. The minimum Gasteiger partial charge on any atom is -0.228 e. The van der Waals surface area contributed by atoms with Crippen molar-refractivity contribution < 1.29 is 0 Å². The molecule has 2 heteroatoms. The summed E-state index contributed by atoms with van der Waals surface area (Å²) in [5, 5.41) is 4.67. The summed E-state index contributed by atoms with van der Waals surface area (Å²) < 4.78 is 0. The first-order chi connectivity index (χ1) is 31.3. The van der Waals surface area contributed by atoms with Gasteiger partial charge in [-0.05, 0) is 89.3 Å². The highest BCUT2D eigenvalue weighted by molar-refractivity contribution is 6.06. The van der Waals surface area contributed by atoms with Crippen LogP contribution < -0.4 is 0 Å².